The second-order valence-electron chi connectivity index (χ2n) is 7.29. The quantitative estimate of drug-likeness (QED) is 0.773. The molecule has 2 fully saturated rings. The van der Waals surface area contributed by atoms with Gasteiger partial charge in [0, 0.05) is 7.05 Å². The molecule has 7 nitrogen and oxygen atoms in total. The molecule has 1 heterocycles. The van der Waals surface area contributed by atoms with Crippen LogP contribution < -0.4 is 4.74 Å². The lowest BCUT2D eigenvalue weighted by atomic mass is 9.81. The van der Waals surface area contributed by atoms with Gasteiger partial charge >= 0.3 is 6.03 Å². The Morgan fingerprint density at radius 1 is 1.22 bits per heavy atom. The van der Waals surface area contributed by atoms with Gasteiger partial charge in [-0.1, -0.05) is 31.4 Å². The minimum Gasteiger partial charge on any atom is -0.491 e. The van der Waals surface area contributed by atoms with E-state index in [1.807, 2.05) is 0 Å². The number of nitrogens with zero attached hydrogens (tertiary/aromatic N) is 3. The van der Waals surface area contributed by atoms with Crippen molar-refractivity contribution < 1.29 is 19.4 Å². The summed E-state index contributed by atoms with van der Waals surface area (Å²) in [4.78, 5) is 28.2. The number of β-amino-alcohol motifs (C(OH)–C–C–N with tert-alkyl or cyclic N) is 1. The number of carbonyl (C=O) groups excluding carboxylic acids is 2. The summed E-state index contributed by atoms with van der Waals surface area (Å²) in [6.07, 6.45) is 3.69. The van der Waals surface area contributed by atoms with Crippen LogP contribution in [0.3, 0.4) is 0 Å². The first-order valence-corrected chi connectivity index (χ1v) is 9.34. The first kappa shape index (κ1) is 19.2. The molecule has 1 unspecified atom stereocenters. The smallest absolute Gasteiger partial charge is 0.327 e. The van der Waals surface area contributed by atoms with E-state index in [0.29, 0.717) is 25.0 Å². The largest absolute Gasteiger partial charge is 0.491 e. The SMILES string of the molecule is CN1C(=O)N(CC(O)COc2ccc(CC#N)cc2)C(=O)C12CCCCC2. The molecule has 1 spiro atoms. The molecule has 2 aliphatic rings. The average molecular weight is 371 g/mol. The van der Waals surface area contributed by atoms with E-state index in [2.05, 4.69) is 6.07 Å². The Bertz CT molecular complexity index is 735. The highest BCUT2D eigenvalue weighted by Gasteiger charge is 2.55. The number of benzene rings is 1. The maximum absolute atomic E-state index is 12.9. The Morgan fingerprint density at radius 3 is 2.52 bits per heavy atom. The van der Waals surface area contributed by atoms with Gasteiger partial charge in [-0.05, 0) is 30.5 Å². The number of nitriles is 1. The lowest BCUT2D eigenvalue weighted by molar-refractivity contribution is -0.135. The van der Waals surface area contributed by atoms with Crippen LogP contribution in [0.2, 0.25) is 0 Å². The minimum absolute atomic E-state index is 0.0224. The number of carbonyl (C=O) groups is 2. The van der Waals surface area contributed by atoms with E-state index in [0.717, 1.165) is 29.7 Å². The van der Waals surface area contributed by atoms with E-state index in [9.17, 15) is 14.7 Å². The highest BCUT2D eigenvalue weighted by molar-refractivity contribution is 6.07. The van der Waals surface area contributed by atoms with Crippen molar-refractivity contribution >= 4 is 11.9 Å². The third-order valence-corrected chi connectivity index (χ3v) is 5.53. The van der Waals surface area contributed by atoms with Crippen LogP contribution >= 0.6 is 0 Å². The van der Waals surface area contributed by atoms with Gasteiger partial charge in [0.2, 0.25) is 0 Å². The van der Waals surface area contributed by atoms with E-state index < -0.39 is 11.6 Å². The van der Waals surface area contributed by atoms with E-state index in [1.165, 1.54) is 0 Å². The summed E-state index contributed by atoms with van der Waals surface area (Å²) >= 11 is 0. The van der Waals surface area contributed by atoms with Gasteiger partial charge in [-0.15, -0.1) is 0 Å². The second-order valence-corrected chi connectivity index (χ2v) is 7.29. The lowest BCUT2D eigenvalue weighted by Crippen LogP contribution is -2.49. The Kier molecular flexibility index (Phi) is 5.66. The highest BCUT2D eigenvalue weighted by Crippen LogP contribution is 2.39. The summed E-state index contributed by atoms with van der Waals surface area (Å²) in [5.41, 5.74) is 0.159. The van der Waals surface area contributed by atoms with Crippen molar-refractivity contribution in [3.63, 3.8) is 0 Å². The zero-order valence-corrected chi connectivity index (χ0v) is 15.6. The van der Waals surface area contributed by atoms with Gasteiger partial charge in [0.15, 0.2) is 0 Å². The van der Waals surface area contributed by atoms with Crippen LogP contribution in [0.4, 0.5) is 4.79 Å². The van der Waals surface area contributed by atoms with E-state index in [4.69, 9.17) is 10.00 Å². The number of urea groups is 1. The van der Waals surface area contributed by atoms with Gasteiger partial charge in [-0.3, -0.25) is 9.69 Å². The Hall–Kier alpha value is -2.59. The molecular weight excluding hydrogens is 346 g/mol. The molecule has 3 rings (SSSR count). The number of likely N-dealkylation sites (N-methyl/N-ethyl adjacent to an activating group) is 1. The topological polar surface area (TPSA) is 93.9 Å². The fraction of sp³-hybridized carbons (Fsp3) is 0.550. The molecule has 27 heavy (non-hydrogen) atoms. The van der Waals surface area contributed by atoms with Gasteiger partial charge in [0.25, 0.3) is 5.91 Å². The van der Waals surface area contributed by atoms with Crippen molar-refractivity contribution in [2.75, 3.05) is 20.2 Å². The third kappa shape index (κ3) is 3.76. The Morgan fingerprint density at radius 2 is 1.89 bits per heavy atom. The van der Waals surface area contributed by atoms with Crippen LogP contribution in [0.15, 0.2) is 24.3 Å². The molecule has 1 saturated carbocycles. The maximum atomic E-state index is 12.9. The van der Waals surface area contributed by atoms with Gasteiger partial charge < -0.3 is 14.7 Å². The van der Waals surface area contributed by atoms with Crippen LogP contribution in [0, 0.1) is 11.3 Å². The predicted molar refractivity (Wildman–Crippen MR) is 97.9 cm³/mol. The van der Waals surface area contributed by atoms with Crippen molar-refractivity contribution in [1.29, 1.82) is 5.26 Å². The van der Waals surface area contributed by atoms with Gasteiger partial charge in [-0.25, -0.2) is 4.79 Å². The van der Waals surface area contributed by atoms with Gasteiger partial charge in [0.05, 0.1) is 19.0 Å². The molecule has 7 heteroatoms. The molecule has 1 N–H and O–H groups in total. The molecule has 0 aromatic heterocycles. The number of hydrogen-bond acceptors (Lipinski definition) is 5. The zero-order chi connectivity index (χ0) is 19.4. The van der Waals surface area contributed by atoms with Crippen LogP contribution in [-0.2, 0) is 11.2 Å². The standard InChI is InChI=1S/C20H25N3O4/c1-22-19(26)23(18(25)20(22)10-3-2-4-11-20)13-16(24)14-27-17-7-5-15(6-8-17)9-12-21/h5-8,16,24H,2-4,9-11,13-14H2,1H3. The van der Waals surface area contributed by atoms with Gasteiger partial charge in [-0.2, -0.15) is 5.26 Å². The van der Waals surface area contributed by atoms with Crippen LogP contribution in [0.1, 0.15) is 37.7 Å². The predicted octanol–water partition coefficient (Wildman–Crippen LogP) is 2.09. The summed E-state index contributed by atoms with van der Waals surface area (Å²) in [6.45, 7) is -0.0956. The maximum Gasteiger partial charge on any atom is 0.327 e. The Balaban J connectivity index is 1.57. The molecule has 1 saturated heterocycles. The second kappa shape index (κ2) is 7.97. The number of rotatable bonds is 6. The molecule has 1 aliphatic carbocycles. The van der Waals surface area contributed by atoms with Gasteiger partial charge in [0.1, 0.15) is 24.0 Å². The highest BCUT2D eigenvalue weighted by atomic mass is 16.5. The summed E-state index contributed by atoms with van der Waals surface area (Å²) < 4.78 is 5.55. The molecule has 144 valence electrons. The number of amides is 3. The number of hydrogen-bond donors (Lipinski definition) is 1. The molecular formula is C20H25N3O4. The number of imide groups is 1. The van der Waals surface area contributed by atoms with Crippen molar-refractivity contribution in [2.45, 2.75) is 50.2 Å². The van der Waals surface area contributed by atoms with Crippen LogP contribution in [0.25, 0.3) is 0 Å². The molecule has 0 radical (unpaired) electrons. The molecule has 0 bridgehead atoms. The van der Waals surface area contributed by atoms with Crippen molar-refractivity contribution in [2.24, 2.45) is 0 Å². The van der Waals surface area contributed by atoms with E-state index >= 15 is 0 Å². The van der Waals surface area contributed by atoms with Crippen molar-refractivity contribution in [1.82, 2.24) is 9.80 Å². The van der Waals surface area contributed by atoms with Crippen LogP contribution in [0.5, 0.6) is 5.75 Å². The fourth-order valence-corrected chi connectivity index (χ4v) is 3.94. The van der Waals surface area contributed by atoms with Crippen molar-refractivity contribution in [3.05, 3.63) is 29.8 Å². The van der Waals surface area contributed by atoms with E-state index in [-0.39, 0.29) is 25.1 Å². The third-order valence-electron chi connectivity index (χ3n) is 5.53. The minimum atomic E-state index is -0.969. The first-order chi connectivity index (χ1) is 13.0. The molecule has 3 amide bonds. The summed E-state index contributed by atoms with van der Waals surface area (Å²) in [6, 6.07) is 8.78. The normalized spacial score (nSPS) is 20.0. The number of ether oxygens (including phenoxy) is 1. The average Bonchev–Trinajstić information content (AvgIpc) is 2.85. The Labute approximate surface area is 159 Å². The summed E-state index contributed by atoms with van der Waals surface area (Å²) in [7, 11) is 1.68. The molecule has 1 atom stereocenters. The molecule has 1 aromatic rings. The van der Waals surface area contributed by atoms with Crippen LogP contribution in [-0.4, -0.2) is 58.7 Å². The zero-order valence-electron chi connectivity index (χ0n) is 15.6. The lowest BCUT2D eigenvalue weighted by Gasteiger charge is -2.35. The first-order valence-electron chi connectivity index (χ1n) is 9.34. The van der Waals surface area contributed by atoms with E-state index in [1.54, 1.807) is 36.2 Å². The van der Waals surface area contributed by atoms with Crippen molar-refractivity contribution in [3.8, 4) is 11.8 Å². The summed E-state index contributed by atoms with van der Waals surface area (Å²) in [5, 5.41) is 19.0. The fourth-order valence-electron chi connectivity index (χ4n) is 3.94. The molecule has 1 aromatic carbocycles. The number of aliphatic hydroxyl groups excluding tert-OH is 1. The monoisotopic (exact) mass is 371 g/mol. The number of aliphatic hydroxyl groups is 1. The molecule has 1 aliphatic heterocycles. The summed E-state index contributed by atoms with van der Waals surface area (Å²) in [5.74, 6) is 0.366.